The largest absolute Gasteiger partial charge is 0.394 e. The smallest absolute Gasteiger partial charge is 0.187 e. The second-order valence-corrected chi connectivity index (χ2v) is 26.9. The molecular weight excluding hydrogens is 1140 g/mol. The summed E-state index contributed by atoms with van der Waals surface area (Å²) in [5, 5.41) is 188. The second kappa shape index (κ2) is 25.4. The van der Waals surface area contributed by atoms with Crippen LogP contribution >= 0.6 is 0 Å². The Morgan fingerprint density at radius 2 is 1.01 bits per heavy atom. The van der Waals surface area contributed by atoms with Crippen molar-refractivity contribution >= 4 is 0 Å². The summed E-state index contributed by atoms with van der Waals surface area (Å²) in [5.41, 5.74) is -0.531. The lowest BCUT2D eigenvalue weighted by atomic mass is 9.44. The fourth-order valence-corrected chi connectivity index (χ4v) is 17.4. The third-order valence-corrected chi connectivity index (χ3v) is 22.2. The summed E-state index contributed by atoms with van der Waals surface area (Å²) < 4.78 is 72.8. The van der Waals surface area contributed by atoms with E-state index in [2.05, 4.69) is 27.7 Å². The van der Waals surface area contributed by atoms with Gasteiger partial charge in [0.25, 0.3) is 0 Å². The Bertz CT molecular complexity index is 2220. The van der Waals surface area contributed by atoms with Crippen molar-refractivity contribution in [2.45, 2.75) is 257 Å². The van der Waals surface area contributed by atoms with Crippen molar-refractivity contribution in [2.24, 2.45) is 52.3 Å². The van der Waals surface area contributed by atoms with Gasteiger partial charge >= 0.3 is 0 Å². The van der Waals surface area contributed by atoms with E-state index >= 15 is 0 Å². The third-order valence-electron chi connectivity index (χ3n) is 22.2. The molecule has 7 aliphatic heterocycles. The predicted molar refractivity (Wildman–Crippen MR) is 278 cm³/mol. The SMILES string of the molecule is C[C@@H]1CC[C@@]2(OC1)O[C@@H]1C([C@@H]2C)[C@@]2(C)CC[C@H]3[C@@H](CC[C@H]4C[C@@H](O[C@@H]5O[C@H](CO)[C@H](O[C@@H]6O[C@H](CO)[C@@H](O)[C@H](O[C@@H]7OC[C@@H](O)[C@H](O)[C@H]7O)[C@H]6O[C@@H]6O[C@H](CO)[C@H](O)[C@H](O[C@@H]7O[C@H](CO)[C@@H](O)[C@H](O)[C@H]7O)[C@H]6O)[C@H](O)[C@H]5O)[C@H](O)C[C@@]43C)C2[C@@H]1O. The number of ether oxygens (including phenoxy) is 12. The Morgan fingerprint density at radius 1 is 0.447 bits per heavy atom. The summed E-state index contributed by atoms with van der Waals surface area (Å²) >= 11 is 0. The number of hydrogen-bond donors (Lipinski definition) is 17. The van der Waals surface area contributed by atoms with Crippen molar-refractivity contribution in [3.63, 3.8) is 0 Å². The monoisotopic (exact) mass is 1230 g/mol. The molecule has 7 heterocycles. The molecule has 0 aromatic heterocycles. The van der Waals surface area contributed by atoms with E-state index in [1.165, 1.54) is 0 Å². The van der Waals surface area contributed by atoms with Crippen LogP contribution in [0.3, 0.4) is 0 Å². The average Bonchev–Trinajstić information content (AvgIpc) is 1.60. The van der Waals surface area contributed by atoms with Crippen molar-refractivity contribution in [3.05, 3.63) is 0 Å². The first-order valence-electron chi connectivity index (χ1n) is 30.5. The van der Waals surface area contributed by atoms with Crippen LogP contribution in [-0.2, 0) is 56.8 Å². The lowest BCUT2D eigenvalue weighted by molar-refractivity contribution is -0.410. The Morgan fingerprint density at radius 3 is 1.67 bits per heavy atom. The Labute approximate surface area is 491 Å². The highest BCUT2D eigenvalue weighted by atomic mass is 16.8. The van der Waals surface area contributed by atoms with Gasteiger partial charge in [0.15, 0.2) is 37.2 Å². The Hall–Kier alpha value is -1.16. The maximum absolute atomic E-state index is 12.3. The summed E-state index contributed by atoms with van der Waals surface area (Å²) in [5.74, 6) is 0.388. The zero-order valence-electron chi connectivity index (χ0n) is 48.1. The van der Waals surface area contributed by atoms with Crippen LogP contribution in [0.4, 0.5) is 0 Å². The van der Waals surface area contributed by atoms with Gasteiger partial charge in [0.2, 0.25) is 0 Å². The van der Waals surface area contributed by atoms with Gasteiger partial charge in [-0.25, -0.2) is 0 Å². The van der Waals surface area contributed by atoms with Crippen molar-refractivity contribution in [2.75, 3.05) is 39.6 Å². The van der Waals surface area contributed by atoms with Gasteiger partial charge in [-0.1, -0.05) is 27.7 Å². The quantitative estimate of drug-likeness (QED) is 0.0719. The van der Waals surface area contributed by atoms with E-state index in [4.69, 9.17) is 56.8 Å². The van der Waals surface area contributed by atoms with Crippen LogP contribution in [0.25, 0.3) is 0 Å². The minimum Gasteiger partial charge on any atom is -0.394 e. The minimum atomic E-state index is -2.21. The molecule has 11 aliphatic rings. The van der Waals surface area contributed by atoms with Crippen LogP contribution in [-0.4, -0.2) is 304 Å². The van der Waals surface area contributed by atoms with Crippen LogP contribution in [0.1, 0.15) is 79.1 Å². The maximum Gasteiger partial charge on any atom is 0.187 e. The number of fused-ring (bicyclic) bond motifs is 7. The summed E-state index contributed by atoms with van der Waals surface area (Å²) in [6.07, 6.45) is -42.5. The minimum absolute atomic E-state index is 0.00749. The van der Waals surface area contributed by atoms with Crippen LogP contribution < -0.4 is 0 Å². The molecule has 29 nitrogen and oxygen atoms in total. The lowest BCUT2D eigenvalue weighted by Crippen LogP contribution is -2.69. The van der Waals surface area contributed by atoms with Gasteiger partial charge in [-0.15, -0.1) is 0 Å². The molecule has 1 spiro atoms. The second-order valence-electron chi connectivity index (χ2n) is 26.9. The summed E-state index contributed by atoms with van der Waals surface area (Å²) in [6, 6.07) is 0. The van der Waals surface area contributed by atoms with Gasteiger partial charge in [-0.05, 0) is 85.4 Å². The van der Waals surface area contributed by atoms with E-state index in [-0.39, 0.29) is 52.4 Å². The normalized spacial score (nSPS) is 58.1. The highest BCUT2D eigenvalue weighted by Crippen LogP contribution is 2.71. The molecule has 11 fully saturated rings. The van der Waals surface area contributed by atoms with Gasteiger partial charge < -0.3 is 144 Å². The molecular formula is C56H92O29. The van der Waals surface area contributed by atoms with Crippen molar-refractivity contribution in [3.8, 4) is 0 Å². The first-order valence-corrected chi connectivity index (χ1v) is 30.5. The maximum atomic E-state index is 12.3. The molecule has 4 aliphatic carbocycles. The zero-order valence-corrected chi connectivity index (χ0v) is 48.1. The Balaban J connectivity index is 0.797. The van der Waals surface area contributed by atoms with Crippen molar-refractivity contribution in [1.29, 1.82) is 0 Å². The van der Waals surface area contributed by atoms with Gasteiger partial charge in [-0.2, -0.15) is 0 Å². The molecule has 0 aromatic rings. The molecule has 0 amide bonds. The van der Waals surface area contributed by atoms with Crippen LogP contribution in [0.2, 0.25) is 0 Å². The number of rotatable bonds is 14. The molecule has 0 radical (unpaired) electrons. The standard InChI is InChI=1S/C56H92O29/c1-19-7-10-56(75-17-19)20(2)31-45(85-56)37(67)32-22-6-5-21-11-26(24(61)12-55(21,4)23(22)8-9-54(31,32)3)76-50-42(72)39(69)44(30(16-60)80-50)81-53-48(47(36(66)29(15-59)79-53)83-49-40(70)33(63)25(62)18-74-49)84-52-43(73)46(35(65)28(14-58)78-52)82-51-41(71)38(68)34(64)27(13-57)77-51/h19-53,57-73H,5-18H2,1-4H3/t19-,20+,21+,22-,23+,24-,25-,26-,27-,28-,29-,30-,31?,32?,33+,34-,35+,36-,37+,38+,39-,40-,41-,42-,43-,44+,45-,46+,47+,48-,49+,50-,51+,52+,53+,54-,55+,56-/m1/s1. The summed E-state index contributed by atoms with van der Waals surface area (Å²) in [7, 11) is 0. The van der Waals surface area contributed by atoms with E-state index in [1.54, 1.807) is 0 Å². The molecule has 29 heteroatoms. The van der Waals surface area contributed by atoms with Crippen LogP contribution in [0, 0.1) is 52.3 Å². The number of aliphatic hydroxyl groups excluding tert-OH is 17. The highest BCUT2D eigenvalue weighted by Gasteiger charge is 2.73. The fraction of sp³-hybridized carbons (Fsp3) is 1.00. The van der Waals surface area contributed by atoms with Gasteiger partial charge in [0.1, 0.15) is 116 Å². The summed E-state index contributed by atoms with van der Waals surface area (Å²) in [6.45, 7) is 5.21. The molecule has 38 atom stereocenters. The highest BCUT2D eigenvalue weighted by molar-refractivity contribution is 5.19. The molecule has 2 unspecified atom stereocenters. The fourth-order valence-electron chi connectivity index (χ4n) is 17.4. The van der Waals surface area contributed by atoms with Crippen LogP contribution in [0.15, 0.2) is 0 Å². The number of hydrogen-bond acceptors (Lipinski definition) is 29. The lowest BCUT2D eigenvalue weighted by Gasteiger charge is -2.62. The van der Waals surface area contributed by atoms with E-state index in [0.717, 1.165) is 38.5 Å². The van der Waals surface area contributed by atoms with E-state index in [9.17, 15) is 86.8 Å². The first kappa shape index (κ1) is 65.3. The molecule has 0 bridgehead atoms. The predicted octanol–water partition coefficient (Wildman–Crippen LogP) is -6.50. The van der Waals surface area contributed by atoms with E-state index in [0.29, 0.717) is 25.4 Å². The summed E-state index contributed by atoms with van der Waals surface area (Å²) in [4.78, 5) is 0. The molecule has 0 aromatic carbocycles. The van der Waals surface area contributed by atoms with Crippen molar-refractivity contribution < 1.29 is 144 Å². The molecule has 4 saturated carbocycles. The van der Waals surface area contributed by atoms with E-state index in [1.807, 2.05) is 0 Å². The van der Waals surface area contributed by atoms with Gasteiger partial charge in [-0.3, -0.25) is 0 Å². The van der Waals surface area contributed by atoms with E-state index < -0.39 is 205 Å². The zero-order chi connectivity index (χ0) is 61.1. The topological polar surface area (TPSA) is 455 Å². The van der Waals surface area contributed by atoms with Gasteiger partial charge in [0, 0.05) is 18.3 Å². The first-order chi connectivity index (χ1) is 40.3. The molecule has 7 saturated heterocycles. The third kappa shape index (κ3) is 11.3. The molecule has 85 heavy (non-hydrogen) atoms. The Kier molecular flexibility index (Phi) is 19.5. The van der Waals surface area contributed by atoms with Gasteiger partial charge in [0.05, 0.1) is 64.1 Å². The number of aliphatic hydroxyl groups is 17. The average molecular weight is 1230 g/mol. The molecule has 490 valence electrons. The van der Waals surface area contributed by atoms with Crippen molar-refractivity contribution in [1.82, 2.24) is 0 Å². The molecule has 11 rings (SSSR count). The molecule has 17 N–H and O–H groups in total. The van der Waals surface area contributed by atoms with Crippen LogP contribution in [0.5, 0.6) is 0 Å².